The number of aromatic nitrogens is 5. The van der Waals surface area contributed by atoms with Crippen LogP contribution in [0.2, 0.25) is 0 Å². The van der Waals surface area contributed by atoms with Crippen LogP contribution in [-0.2, 0) is 5.41 Å². The number of likely N-dealkylation sites (tertiary alicyclic amines) is 1. The maximum Gasteiger partial charge on any atom is 0.272 e. The maximum absolute atomic E-state index is 13.4. The van der Waals surface area contributed by atoms with Gasteiger partial charge in [0.25, 0.3) is 5.92 Å². The van der Waals surface area contributed by atoms with Crippen molar-refractivity contribution in [1.29, 1.82) is 0 Å². The Morgan fingerprint density at radius 2 is 1.73 bits per heavy atom. The van der Waals surface area contributed by atoms with Crippen molar-refractivity contribution < 1.29 is 8.78 Å². The summed E-state index contributed by atoms with van der Waals surface area (Å²) in [5, 5.41) is 8.93. The minimum atomic E-state index is -2.49. The first kappa shape index (κ1) is 15.0. The predicted molar refractivity (Wildman–Crippen MR) is 91.3 cm³/mol. The third-order valence-corrected chi connectivity index (χ3v) is 7.14. The summed E-state index contributed by atoms with van der Waals surface area (Å²) in [6.07, 6.45) is 9.52. The molecule has 0 amide bonds. The summed E-state index contributed by atoms with van der Waals surface area (Å²) in [4.78, 5) is 9.58. The number of halogens is 2. The minimum Gasteiger partial charge on any atom is -0.345 e. The molecule has 8 heteroatoms. The number of aromatic amines is 1. The lowest BCUT2D eigenvalue weighted by Gasteiger charge is -2.60. The van der Waals surface area contributed by atoms with Gasteiger partial charge >= 0.3 is 0 Å². The molecule has 0 spiro atoms. The van der Waals surface area contributed by atoms with Gasteiger partial charge in [0.2, 0.25) is 0 Å². The van der Waals surface area contributed by atoms with Crippen molar-refractivity contribution >= 4 is 16.8 Å². The fourth-order valence-electron chi connectivity index (χ4n) is 5.54. The van der Waals surface area contributed by atoms with Crippen molar-refractivity contribution in [2.24, 2.45) is 0 Å². The van der Waals surface area contributed by atoms with Gasteiger partial charge < -0.3 is 4.98 Å². The smallest absolute Gasteiger partial charge is 0.272 e. The van der Waals surface area contributed by atoms with Crippen LogP contribution in [0.1, 0.15) is 44.3 Å². The molecule has 6 nitrogen and oxygen atoms in total. The molecule has 136 valence electrons. The SMILES string of the molecule is FC1(F)CN(C23CCC(c4nnc5cnc6[nH]ccc6n45)(CC2)CC3)C1. The van der Waals surface area contributed by atoms with E-state index in [2.05, 4.69) is 24.6 Å². The largest absolute Gasteiger partial charge is 0.345 e. The van der Waals surface area contributed by atoms with E-state index in [1.807, 2.05) is 17.2 Å². The second kappa shape index (κ2) is 4.60. The van der Waals surface area contributed by atoms with E-state index in [0.717, 1.165) is 61.2 Å². The number of hydrogen-bond donors (Lipinski definition) is 1. The number of alkyl halides is 2. The molecular formula is C18H20F2N6. The molecule has 1 N–H and O–H groups in total. The van der Waals surface area contributed by atoms with Gasteiger partial charge in [-0.3, -0.25) is 9.30 Å². The van der Waals surface area contributed by atoms with Crippen molar-refractivity contribution in [3.05, 3.63) is 24.3 Å². The van der Waals surface area contributed by atoms with Crippen LogP contribution in [-0.4, -0.2) is 54.0 Å². The third-order valence-electron chi connectivity index (χ3n) is 7.14. The fourth-order valence-corrected chi connectivity index (χ4v) is 5.54. The van der Waals surface area contributed by atoms with Crippen molar-refractivity contribution in [2.75, 3.05) is 13.1 Å². The molecular weight excluding hydrogens is 338 g/mol. The summed E-state index contributed by atoms with van der Waals surface area (Å²) in [6.45, 7) is -0.132. The fraction of sp³-hybridized carbons (Fsp3) is 0.611. The molecule has 3 saturated carbocycles. The standard InChI is InChI=1S/C18H20F2N6/c19-18(20)10-25(11-18)17-5-2-16(3-6-17,4-7-17)15-24-23-13-9-22-14-12(26(13)15)1-8-21-14/h1,8-9,21H,2-7,10-11H2. The molecule has 0 aromatic carbocycles. The Morgan fingerprint density at radius 3 is 2.42 bits per heavy atom. The first-order chi connectivity index (χ1) is 12.5. The first-order valence-corrected chi connectivity index (χ1v) is 9.31. The van der Waals surface area contributed by atoms with Crippen molar-refractivity contribution in [3.63, 3.8) is 0 Å². The topological polar surface area (TPSA) is 62.1 Å². The van der Waals surface area contributed by atoms with Gasteiger partial charge in [0.05, 0.1) is 24.8 Å². The van der Waals surface area contributed by atoms with Gasteiger partial charge in [-0.15, -0.1) is 10.2 Å². The molecule has 4 aliphatic rings. The van der Waals surface area contributed by atoms with Crippen LogP contribution in [0, 0.1) is 0 Å². The monoisotopic (exact) mass is 358 g/mol. The van der Waals surface area contributed by atoms with Gasteiger partial charge in [0.15, 0.2) is 11.3 Å². The highest BCUT2D eigenvalue weighted by atomic mass is 19.3. The van der Waals surface area contributed by atoms with Crippen molar-refractivity contribution in [3.8, 4) is 0 Å². The molecule has 3 aromatic rings. The summed E-state index contributed by atoms with van der Waals surface area (Å²) >= 11 is 0. The Labute approximate surface area is 148 Å². The molecule has 0 radical (unpaired) electrons. The van der Waals surface area contributed by atoms with E-state index in [9.17, 15) is 8.78 Å². The zero-order chi connectivity index (χ0) is 17.6. The molecule has 7 rings (SSSR count). The van der Waals surface area contributed by atoms with Crippen LogP contribution in [0.3, 0.4) is 0 Å². The highest BCUT2D eigenvalue weighted by Crippen LogP contribution is 2.57. The summed E-state index contributed by atoms with van der Waals surface area (Å²) < 4.78 is 28.9. The molecule has 0 unspecified atom stereocenters. The number of nitrogens with one attached hydrogen (secondary N) is 1. The molecule has 3 aromatic heterocycles. The highest BCUT2D eigenvalue weighted by Gasteiger charge is 2.59. The van der Waals surface area contributed by atoms with E-state index in [1.54, 1.807) is 6.20 Å². The number of hydrogen-bond acceptors (Lipinski definition) is 4. The van der Waals surface area contributed by atoms with Gasteiger partial charge in [-0.1, -0.05) is 0 Å². The lowest BCUT2D eigenvalue weighted by atomic mass is 9.56. The van der Waals surface area contributed by atoms with Crippen LogP contribution >= 0.6 is 0 Å². The predicted octanol–water partition coefficient (Wildman–Crippen LogP) is 2.90. The molecule has 1 saturated heterocycles. The zero-order valence-corrected chi connectivity index (χ0v) is 14.4. The van der Waals surface area contributed by atoms with E-state index in [0.29, 0.717) is 0 Å². The quantitative estimate of drug-likeness (QED) is 0.765. The number of H-pyrrole nitrogens is 1. The minimum absolute atomic E-state index is 0.000104. The first-order valence-electron chi connectivity index (χ1n) is 9.31. The lowest BCUT2D eigenvalue weighted by Crippen LogP contribution is -2.68. The Balaban J connectivity index is 1.38. The average molecular weight is 358 g/mol. The molecule has 4 heterocycles. The molecule has 1 aliphatic heterocycles. The molecule has 4 fully saturated rings. The zero-order valence-electron chi connectivity index (χ0n) is 14.4. The van der Waals surface area contributed by atoms with Gasteiger partial charge in [-0.2, -0.15) is 0 Å². The number of nitrogens with zero attached hydrogens (tertiary/aromatic N) is 5. The van der Waals surface area contributed by atoms with Gasteiger partial charge in [-0.25, -0.2) is 13.8 Å². The summed E-state index contributed by atoms with van der Waals surface area (Å²) in [6, 6.07) is 2.01. The second-order valence-electron chi connectivity index (χ2n) is 8.40. The summed E-state index contributed by atoms with van der Waals surface area (Å²) in [5.74, 6) is -1.47. The van der Waals surface area contributed by atoms with E-state index in [4.69, 9.17) is 0 Å². The van der Waals surface area contributed by atoms with E-state index in [-0.39, 0.29) is 24.0 Å². The summed E-state index contributed by atoms with van der Waals surface area (Å²) in [5.41, 5.74) is 2.58. The Kier molecular flexibility index (Phi) is 2.66. The van der Waals surface area contributed by atoms with E-state index >= 15 is 0 Å². The van der Waals surface area contributed by atoms with Crippen LogP contribution in [0.25, 0.3) is 16.8 Å². The lowest BCUT2D eigenvalue weighted by molar-refractivity contribution is -0.190. The Morgan fingerprint density at radius 1 is 1.00 bits per heavy atom. The van der Waals surface area contributed by atoms with Crippen LogP contribution in [0.15, 0.2) is 18.5 Å². The normalized spacial score (nSPS) is 33.8. The van der Waals surface area contributed by atoms with Crippen LogP contribution in [0.5, 0.6) is 0 Å². The highest BCUT2D eigenvalue weighted by molar-refractivity contribution is 5.74. The van der Waals surface area contributed by atoms with Crippen LogP contribution < -0.4 is 0 Å². The van der Waals surface area contributed by atoms with E-state index < -0.39 is 5.92 Å². The van der Waals surface area contributed by atoms with Gasteiger partial charge in [0.1, 0.15) is 5.82 Å². The number of fused-ring (bicyclic) bond motifs is 6. The molecule has 3 aliphatic carbocycles. The summed E-state index contributed by atoms with van der Waals surface area (Å²) in [7, 11) is 0. The van der Waals surface area contributed by atoms with Gasteiger partial charge in [-0.05, 0) is 44.6 Å². The average Bonchev–Trinajstić information content (AvgIpc) is 3.27. The van der Waals surface area contributed by atoms with Gasteiger partial charge in [0, 0.05) is 17.2 Å². The Hall–Kier alpha value is -2.09. The molecule has 2 bridgehead atoms. The number of rotatable bonds is 2. The van der Waals surface area contributed by atoms with Crippen molar-refractivity contribution in [1.82, 2.24) is 29.5 Å². The maximum atomic E-state index is 13.4. The Bertz CT molecular complexity index is 989. The van der Waals surface area contributed by atoms with Crippen LogP contribution in [0.4, 0.5) is 8.78 Å². The second-order valence-corrected chi connectivity index (χ2v) is 8.40. The molecule has 26 heavy (non-hydrogen) atoms. The molecule has 0 atom stereocenters. The third kappa shape index (κ3) is 1.80. The van der Waals surface area contributed by atoms with Crippen molar-refractivity contribution in [2.45, 2.75) is 55.4 Å². The van der Waals surface area contributed by atoms with E-state index in [1.165, 1.54) is 0 Å².